The lowest BCUT2D eigenvalue weighted by atomic mass is 10.1. The van der Waals surface area contributed by atoms with Crippen LogP contribution in [-0.2, 0) is 0 Å². The van der Waals surface area contributed by atoms with E-state index in [1.807, 2.05) is 0 Å². The first-order valence-corrected chi connectivity index (χ1v) is 6.97. The lowest BCUT2D eigenvalue weighted by Crippen LogP contribution is -2.03. The summed E-state index contributed by atoms with van der Waals surface area (Å²) < 4.78 is 44.7. The van der Waals surface area contributed by atoms with Crippen LogP contribution in [-0.4, -0.2) is 17.5 Å². The molecule has 1 aliphatic rings. The number of ether oxygens (including phenoxy) is 1. The van der Waals surface area contributed by atoms with Gasteiger partial charge in [-0.25, -0.2) is 13.2 Å². The number of nitrogens with two attached hydrogens (primary N) is 1. The maximum absolute atomic E-state index is 13.7. The maximum atomic E-state index is 13.7. The Labute approximate surface area is 125 Å². The summed E-state index contributed by atoms with van der Waals surface area (Å²) in [4.78, 5) is 3.96. The van der Waals surface area contributed by atoms with E-state index < -0.39 is 17.7 Å². The van der Waals surface area contributed by atoms with E-state index in [4.69, 9.17) is 10.5 Å². The van der Waals surface area contributed by atoms with Crippen LogP contribution in [0.4, 0.5) is 18.9 Å². The average Bonchev–Trinajstić information content (AvgIpc) is 3.06. The number of pyridine rings is 1. The minimum absolute atomic E-state index is 0.0863. The predicted molar refractivity (Wildman–Crippen MR) is 77.2 cm³/mol. The van der Waals surface area contributed by atoms with E-state index in [0.29, 0.717) is 22.6 Å². The monoisotopic (exact) mass is 308 g/mol. The highest BCUT2D eigenvalue weighted by atomic mass is 19.3. The summed E-state index contributed by atoms with van der Waals surface area (Å²) in [5.74, 6) is -3.36. The third-order valence-corrected chi connectivity index (χ3v) is 3.73. The molecular formula is C16H15F3N2O. The standard InChI is InChI=1S/C16H15F3N2O/c17-12-5-10(14-9-21-3-1-15(14)20)6-13(7-12)22-4-2-11-8-16(11,18)19/h1,3,5-7,9,11H,2,4,8H2,(H2,20,21). The van der Waals surface area contributed by atoms with Gasteiger partial charge in [-0.2, -0.15) is 0 Å². The minimum atomic E-state index is -2.55. The molecule has 0 bridgehead atoms. The molecule has 0 spiro atoms. The Kier molecular flexibility index (Phi) is 3.68. The van der Waals surface area contributed by atoms with Gasteiger partial charge in [-0.05, 0) is 30.2 Å². The van der Waals surface area contributed by atoms with Gasteiger partial charge in [-0.15, -0.1) is 0 Å². The smallest absolute Gasteiger partial charge is 0.251 e. The number of nitrogens with zero attached hydrogens (tertiary/aromatic N) is 1. The summed E-state index contributed by atoms with van der Waals surface area (Å²) in [6.45, 7) is 0.131. The van der Waals surface area contributed by atoms with Crippen LogP contribution in [0.1, 0.15) is 12.8 Å². The molecule has 22 heavy (non-hydrogen) atoms. The zero-order chi connectivity index (χ0) is 15.7. The van der Waals surface area contributed by atoms with Crippen molar-refractivity contribution in [3.05, 3.63) is 42.5 Å². The van der Waals surface area contributed by atoms with E-state index in [1.54, 1.807) is 24.5 Å². The summed E-state index contributed by atoms with van der Waals surface area (Å²) in [6.07, 6.45) is 3.26. The van der Waals surface area contributed by atoms with Crippen LogP contribution in [0, 0.1) is 11.7 Å². The number of rotatable bonds is 5. The summed E-state index contributed by atoms with van der Waals surface area (Å²) >= 11 is 0. The second-order valence-electron chi connectivity index (χ2n) is 5.44. The largest absolute Gasteiger partial charge is 0.493 e. The Morgan fingerprint density at radius 3 is 2.77 bits per heavy atom. The van der Waals surface area contributed by atoms with E-state index in [-0.39, 0.29) is 19.4 Å². The van der Waals surface area contributed by atoms with Crippen LogP contribution < -0.4 is 10.5 Å². The molecule has 1 aromatic carbocycles. The molecule has 116 valence electrons. The summed E-state index contributed by atoms with van der Waals surface area (Å²) in [7, 11) is 0. The lowest BCUT2D eigenvalue weighted by Gasteiger charge is -2.10. The number of benzene rings is 1. The number of hydrogen-bond acceptors (Lipinski definition) is 3. The SMILES string of the molecule is Nc1ccncc1-c1cc(F)cc(OCCC2CC2(F)F)c1. The van der Waals surface area contributed by atoms with Gasteiger partial charge in [0.1, 0.15) is 11.6 Å². The van der Waals surface area contributed by atoms with Crippen LogP contribution >= 0.6 is 0 Å². The number of hydrogen-bond donors (Lipinski definition) is 1. The fourth-order valence-electron chi connectivity index (χ4n) is 2.35. The highest BCUT2D eigenvalue weighted by Crippen LogP contribution is 2.50. The van der Waals surface area contributed by atoms with Crippen molar-refractivity contribution in [1.29, 1.82) is 0 Å². The van der Waals surface area contributed by atoms with Crippen molar-refractivity contribution in [2.45, 2.75) is 18.8 Å². The number of halogens is 3. The zero-order valence-electron chi connectivity index (χ0n) is 11.7. The van der Waals surface area contributed by atoms with Gasteiger partial charge in [-0.1, -0.05) is 0 Å². The van der Waals surface area contributed by atoms with Crippen LogP contribution in [0.3, 0.4) is 0 Å². The van der Waals surface area contributed by atoms with Crippen molar-refractivity contribution in [2.75, 3.05) is 12.3 Å². The highest BCUT2D eigenvalue weighted by molar-refractivity contribution is 5.76. The quantitative estimate of drug-likeness (QED) is 0.911. The van der Waals surface area contributed by atoms with Gasteiger partial charge in [0.25, 0.3) is 5.92 Å². The predicted octanol–water partition coefficient (Wildman–Crippen LogP) is 3.89. The zero-order valence-corrected chi connectivity index (χ0v) is 11.7. The van der Waals surface area contributed by atoms with Crippen molar-refractivity contribution in [1.82, 2.24) is 4.98 Å². The van der Waals surface area contributed by atoms with E-state index in [9.17, 15) is 13.2 Å². The first-order chi connectivity index (χ1) is 10.5. The van der Waals surface area contributed by atoms with Gasteiger partial charge in [0, 0.05) is 42.0 Å². The molecule has 0 aliphatic heterocycles. The second-order valence-corrected chi connectivity index (χ2v) is 5.44. The van der Waals surface area contributed by atoms with Crippen LogP contribution in [0.25, 0.3) is 11.1 Å². The van der Waals surface area contributed by atoms with Crippen molar-refractivity contribution >= 4 is 5.69 Å². The molecule has 6 heteroatoms. The average molecular weight is 308 g/mol. The van der Waals surface area contributed by atoms with Crippen molar-refractivity contribution in [3.8, 4) is 16.9 Å². The number of anilines is 1. The van der Waals surface area contributed by atoms with E-state index in [0.717, 1.165) is 0 Å². The Balaban J connectivity index is 1.72. The third kappa shape index (κ3) is 3.16. The van der Waals surface area contributed by atoms with Gasteiger partial charge in [0.2, 0.25) is 0 Å². The topological polar surface area (TPSA) is 48.1 Å². The van der Waals surface area contributed by atoms with Crippen molar-refractivity contribution in [3.63, 3.8) is 0 Å². The third-order valence-electron chi connectivity index (χ3n) is 3.73. The van der Waals surface area contributed by atoms with Crippen LogP contribution in [0.2, 0.25) is 0 Å². The molecule has 1 unspecified atom stereocenters. The number of nitrogen functional groups attached to an aromatic ring is 1. The van der Waals surface area contributed by atoms with E-state index >= 15 is 0 Å². The molecule has 1 aromatic heterocycles. The van der Waals surface area contributed by atoms with Gasteiger partial charge >= 0.3 is 0 Å². The molecule has 0 saturated heterocycles. The Morgan fingerprint density at radius 1 is 1.32 bits per heavy atom. The number of aromatic nitrogens is 1. The van der Waals surface area contributed by atoms with Crippen molar-refractivity contribution in [2.24, 2.45) is 5.92 Å². The Hall–Kier alpha value is -2.24. The molecule has 2 aromatic rings. The molecule has 1 heterocycles. The molecule has 1 saturated carbocycles. The second kappa shape index (κ2) is 5.51. The molecule has 0 amide bonds. The van der Waals surface area contributed by atoms with Gasteiger partial charge in [0.15, 0.2) is 0 Å². The number of alkyl halides is 2. The minimum Gasteiger partial charge on any atom is -0.493 e. The summed E-state index contributed by atoms with van der Waals surface area (Å²) in [5.41, 5.74) is 7.46. The van der Waals surface area contributed by atoms with E-state index in [2.05, 4.69) is 4.98 Å². The van der Waals surface area contributed by atoms with Gasteiger partial charge in [-0.3, -0.25) is 4.98 Å². The molecule has 3 nitrogen and oxygen atoms in total. The summed E-state index contributed by atoms with van der Waals surface area (Å²) in [5, 5.41) is 0. The fraction of sp³-hybridized carbons (Fsp3) is 0.312. The normalized spacial score (nSPS) is 19.0. The first kappa shape index (κ1) is 14.7. The fourth-order valence-corrected chi connectivity index (χ4v) is 2.35. The van der Waals surface area contributed by atoms with Crippen LogP contribution in [0.5, 0.6) is 5.75 Å². The van der Waals surface area contributed by atoms with E-state index in [1.165, 1.54) is 12.1 Å². The molecule has 1 atom stereocenters. The molecule has 1 aliphatic carbocycles. The van der Waals surface area contributed by atoms with Gasteiger partial charge < -0.3 is 10.5 Å². The Morgan fingerprint density at radius 2 is 2.09 bits per heavy atom. The highest BCUT2D eigenvalue weighted by Gasteiger charge is 2.56. The molecule has 3 rings (SSSR count). The molecule has 1 fully saturated rings. The first-order valence-electron chi connectivity index (χ1n) is 6.97. The Bertz CT molecular complexity index is 691. The van der Waals surface area contributed by atoms with Gasteiger partial charge in [0.05, 0.1) is 6.61 Å². The molecule has 2 N–H and O–H groups in total. The molecular weight excluding hydrogens is 293 g/mol. The summed E-state index contributed by atoms with van der Waals surface area (Å²) in [6, 6.07) is 5.80. The lowest BCUT2D eigenvalue weighted by molar-refractivity contribution is 0.0930. The van der Waals surface area contributed by atoms with Crippen LogP contribution in [0.15, 0.2) is 36.7 Å². The van der Waals surface area contributed by atoms with Crippen molar-refractivity contribution < 1.29 is 17.9 Å². The maximum Gasteiger partial charge on any atom is 0.251 e. The molecule has 0 radical (unpaired) electrons.